The van der Waals surface area contributed by atoms with Gasteiger partial charge in [-0.3, -0.25) is 10.2 Å². The van der Waals surface area contributed by atoms with Gasteiger partial charge in [0.05, 0.1) is 0 Å². The summed E-state index contributed by atoms with van der Waals surface area (Å²) >= 11 is 0. The van der Waals surface area contributed by atoms with Crippen LogP contribution in [0.1, 0.15) is 6.92 Å². The molecule has 0 saturated carbocycles. The van der Waals surface area contributed by atoms with Crippen molar-refractivity contribution in [1.29, 1.82) is 0 Å². The summed E-state index contributed by atoms with van der Waals surface area (Å²) < 4.78 is 0. The van der Waals surface area contributed by atoms with Gasteiger partial charge in [0.25, 0.3) is 0 Å². The summed E-state index contributed by atoms with van der Waals surface area (Å²) in [5.74, 6) is 0. The molecule has 3 heteroatoms. The van der Waals surface area contributed by atoms with E-state index >= 15 is 0 Å². The number of hydroxylamine groups is 2. The molecule has 0 aliphatic carbocycles. The highest BCUT2D eigenvalue weighted by atomic mass is 16.7. The lowest BCUT2D eigenvalue weighted by Gasteiger charge is -2.29. The number of hydrogen-bond acceptors (Lipinski definition) is 3. The van der Waals surface area contributed by atoms with Crippen molar-refractivity contribution in [3.05, 3.63) is 0 Å². The van der Waals surface area contributed by atoms with Crippen LogP contribution in [0.4, 0.5) is 0 Å². The lowest BCUT2D eigenvalue weighted by atomic mass is 10.3. The average molecular weight is 116 g/mol. The van der Waals surface area contributed by atoms with E-state index in [9.17, 15) is 0 Å². The van der Waals surface area contributed by atoms with Crippen LogP contribution in [0, 0.1) is 0 Å². The first kappa shape index (κ1) is 6.01. The fraction of sp³-hybridized carbons (Fsp3) is 1.00. The van der Waals surface area contributed by atoms with Crippen LogP contribution in [0.3, 0.4) is 0 Å². The second-order valence-electron chi connectivity index (χ2n) is 2.12. The maximum atomic E-state index is 5.11. The molecule has 0 unspecified atom stereocenters. The predicted molar refractivity (Wildman–Crippen MR) is 31.2 cm³/mol. The third-order valence-corrected chi connectivity index (χ3v) is 1.43. The number of likely N-dealkylation sites (N-methyl/N-ethyl adjacent to an activating group) is 1. The molecule has 0 amide bonds. The van der Waals surface area contributed by atoms with Gasteiger partial charge in [-0.25, -0.2) is 0 Å². The quantitative estimate of drug-likeness (QED) is 0.474. The van der Waals surface area contributed by atoms with E-state index in [1.165, 1.54) is 0 Å². The van der Waals surface area contributed by atoms with Crippen molar-refractivity contribution in [2.75, 3.05) is 20.3 Å². The number of nitrogens with one attached hydrogen (secondary N) is 1. The Morgan fingerprint density at radius 1 is 1.75 bits per heavy atom. The Bertz CT molecular complexity index is 66.8. The first-order chi connectivity index (χ1) is 3.80. The Labute approximate surface area is 49.6 Å². The third kappa shape index (κ3) is 1.18. The Kier molecular flexibility index (Phi) is 1.83. The van der Waals surface area contributed by atoms with Gasteiger partial charge in [-0.05, 0) is 6.92 Å². The van der Waals surface area contributed by atoms with E-state index in [1.54, 1.807) is 0 Å². The molecule has 1 fully saturated rings. The van der Waals surface area contributed by atoms with Gasteiger partial charge in [-0.1, -0.05) is 0 Å². The molecule has 1 rings (SSSR count). The molecule has 0 aromatic carbocycles. The van der Waals surface area contributed by atoms with Crippen molar-refractivity contribution in [3.8, 4) is 0 Å². The molecule has 1 aliphatic rings. The van der Waals surface area contributed by atoms with E-state index in [0.29, 0.717) is 12.8 Å². The second-order valence-corrected chi connectivity index (χ2v) is 2.12. The van der Waals surface area contributed by atoms with Gasteiger partial charge in [0.15, 0.2) is 0 Å². The zero-order chi connectivity index (χ0) is 5.98. The number of nitrogens with zero attached hydrogens (tertiary/aromatic N) is 1. The van der Waals surface area contributed by atoms with Gasteiger partial charge in [0.2, 0.25) is 0 Å². The van der Waals surface area contributed by atoms with E-state index in [1.807, 2.05) is 12.1 Å². The van der Waals surface area contributed by atoms with E-state index < -0.39 is 0 Å². The van der Waals surface area contributed by atoms with E-state index in [-0.39, 0.29) is 0 Å². The summed E-state index contributed by atoms with van der Waals surface area (Å²) in [5, 5.41) is 4.97. The van der Waals surface area contributed by atoms with Gasteiger partial charge in [0, 0.05) is 19.6 Å². The maximum Gasteiger partial charge on any atom is 0.119 e. The van der Waals surface area contributed by atoms with Crippen LogP contribution in [0.5, 0.6) is 0 Å². The molecule has 0 aromatic heterocycles. The topological polar surface area (TPSA) is 24.5 Å². The monoisotopic (exact) mass is 116 g/mol. The minimum absolute atomic E-state index is 0.503. The summed E-state index contributed by atoms with van der Waals surface area (Å²) in [4.78, 5) is 5.11. The van der Waals surface area contributed by atoms with Crippen molar-refractivity contribution in [2.24, 2.45) is 0 Å². The minimum Gasteiger partial charge on any atom is -0.291 e. The Morgan fingerprint density at radius 3 is 2.88 bits per heavy atom. The second kappa shape index (κ2) is 2.44. The molecule has 0 spiro atoms. The summed E-state index contributed by atoms with van der Waals surface area (Å²) in [6, 6.07) is 0.503. The van der Waals surface area contributed by atoms with E-state index in [4.69, 9.17) is 4.84 Å². The van der Waals surface area contributed by atoms with Crippen LogP contribution in [0.25, 0.3) is 0 Å². The van der Waals surface area contributed by atoms with Crippen LogP contribution in [0.15, 0.2) is 0 Å². The lowest BCUT2D eigenvalue weighted by Crippen LogP contribution is -2.45. The normalized spacial score (nSPS) is 33.0. The molecular weight excluding hydrogens is 104 g/mol. The van der Waals surface area contributed by atoms with Crippen LogP contribution in [-0.2, 0) is 4.84 Å². The molecule has 8 heavy (non-hydrogen) atoms. The van der Waals surface area contributed by atoms with Gasteiger partial charge < -0.3 is 0 Å². The van der Waals surface area contributed by atoms with Gasteiger partial charge >= 0.3 is 0 Å². The SMILES string of the molecule is C[C@H]1CNCON1C. The molecule has 1 N–H and O–H groups in total. The Morgan fingerprint density at radius 2 is 2.50 bits per heavy atom. The zero-order valence-corrected chi connectivity index (χ0v) is 5.35. The third-order valence-electron chi connectivity index (χ3n) is 1.43. The van der Waals surface area contributed by atoms with Crippen molar-refractivity contribution in [3.63, 3.8) is 0 Å². The smallest absolute Gasteiger partial charge is 0.119 e. The molecule has 3 nitrogen and oxygen atoms in total. The Hall–Kier alpha value is -0.120. The predicted octanol–water partition coefficient (Wildman–Crippen LogP) is -0.201. The molecule has 1 aliphatic heterocycles. The number of rotatable bonds is 0. The summed E-state index contributed by atoms with van der Waals surface area (Å²) in [7, 11) is 1.95. The van der Waals surface area contributed by atoms with E-state index in [2.05, 4.69) is 12.2 Å². The molecule has 0 bridgehead atoms. The molecular formula is C5H12N2O. The molecule has 0 radical (unpaired) electrons. The molecule has 1 heterocycles. The zero-order valence-electron chi connectivity index (χ0n) is 5.35. The van der Waals surface area contributed by atoms with Crippen molar-refractivity contribution in [2.45, 2.75) is 13.0 Å². The summed E-state index contributed by atoms with van der Waals surface area (Å²) in [6.45, 7) is 3.80. The maximum absolute atomic E-state index is 5.11. The van der Waals surface area contributed by atoms with Crippen molar-refractivity contribution < 1.29 is 4.84 Å². The molecule has 0 aromatic rings. The van der Waals surface area contributed by atoms with Gasteiger partial charge in [0.1, 0.15) is 6.73 Å². The fourth-order valence-corrected chi connectivity index (χ4v) is 0.671. The molecule has 48 valence electrons. The van der Waals surface area contributed by atoms with Gasteiger partial charge in [-0.2, -0.15) is 5.06 Å². The van der Waals surface area contributed by atoms with E-state index in [0.717, 1.165) is 6.54 Å². The van der Waals surface area contributed by atoms with Crippen LogP contribution in [-0.4, -0.2) is 31.4 Å². The highest BCUT2D eigenvalue weighted by molar-refractivity contribution is 4.61. The average Bonchev–Trinajstić information content (AvgIpc) is 1.77. The largest absolute Gasteiger partial charge is 0.291 e. The highest BCUT2D eigenvalue weighted by Gasteiger charge is 2.12. The number of hydrogen-bond donors (Lipinski definition) is 1. The van der Waals surface area contributed by atoms with Crippen molar-refractivity contribution >= 4 is 0 Å². The van der Waals surface area contributed by atoms with Crippen LogP contribution < -0.4 is 5.32 Å². The summed E-state index contributed by atoms with van der Waals surface area (Å²) in [5.41, 5.74) is 0. The Balaban J connectivity index is 2.28. The molecule has 1 atom stereocenters. The highest BCUT2D eigenvalue weighted by Crippen LogP contribution is 1.97. The van der Waals surface area contributed by atoms with Crippen LogP contribution >= 0.6 is 0 Å². The van der Waals surface area contributed by atoms with Gasteiger partial charge in [-0.15, -0.1) is 0 Å². The fourth-order valence-electron chi connectivity index (χ4n) is 0.671. The standard InChI is InChI=1S/C5H12N2O/c1-5-3-6-4-8-7(5)2/h5-6H,3-4H2,1-2H3/t5-/m0/s1. The van der Waals surface area contributed by atoms with Crippen LogP contribution in [0.2, 0.25) is 0 Å². The first-order valence-corrected chi connectivity index (χ1v) is 2.87. The van der Waals surface area contributed by atoms with Crippen molar-refractivity contribution in [1.82, 2.24) is 10.4 Å². The minimum atomic E-state index is 0.503. The molecule has 1 saturated heterocycles. The summed E-state index contributed by atoms with van der Waals surface area (Å²) in [6.07, 6.45) is 0. The lowest BCUT2D eigenvalue weighted by molar-refractivity contribution is -0.192. The first-order valence-electron chi connectivity index (χ1n) is 2.87.